The number of rotatable bonds is 8. The summed E-state index contributed by atoms with van der Waals surface area (Å²) in [6.07, 6.45) is -4.64. The Kier molecular flexibility index (Phi) is 6.40. The highest BCUT2D eigenvalue weighted by Crippen LogP contribution is 2.24. The molecule has 0 aromatic heterocycles. The molecule has 0 aliphatic rings. The van der Waals surface area contributed by atoms with Crippen LogP contribution < -0.4 is 9.46 Å². The first-order valence-corrected chi connectivity index (χ1v) is 8.00. The van der Waals surface area contributed by atoms with Crippen molar-refractivity contribution < 1.29 is 36.2 Å². The predicted octanol–water partition coefficient (Wildman–Crippen LogP) is 1.65. The average molecular weight is 357 g/mol. The lowest BCUT2D eigenvalue weighted by atomic mass is 10.0. The summed E-state index contributed by atoms with van der Waals surface area (Å²) in [6.45, 7) is 1.42. The zero-order valence-electron chi connectivity index (χ0n) is 12.6. The number of aliphatic hydroxyl groups is 1. The second-order valence-electron chi connectivity index (χ2n) is 5.08. The Balaban J connectivity index is 2.73. The Hall–Kier alpha value is -1.36. The van der Waals surface area contributed by atoms with Crippen LogP contribution in [0.2, 0.25) is 0 Å². The van der Waals surface area contributed by atoms with Gasteiger partial charge in [0.15, 0.2) is 0 Å². The van der Waals surface area contributed by atoms with Gasteiger partial charge in [0.1, 0.15) is 5.75 Å². The van der Waals surface area contributed by atoms with Gasteiger partial charge in [-0.15, -0.1) is 13.2 Å². The minimum atomic E-state index is -4.85. The van der Waals surface area contributed by atoms with E-state index in [0.29, 0.717) is 0 Å². The van der Waals surface area contributed by atoms with Crippen molar-refractivity contribution >= 4 is 10.0 Å². The van der Waals surface area contributed by atoms with Gasteiger partial charge in [0.25, 0.3) is 0 Å². The fraction of sp³-hybridized carbons (Fsp3) is 0.538. The van der Waals surface area contributed by atoms with E-state index in [-0.39, 0.29) is 24.5 Å². The molecule has 10 heteroatoms. The summed E-state index contributed by atoms with van der Waals surface area (Å²) in [5.74, 6) is -0.524. The van der Waals surface area contributed by atoms with E-state index >= 15 is 0 Å². The Bertz CT molecular complexity index is 599. The van der Waals surface area contributed by atoms with Gasteiger partial charge in [-0.2, -0.15) is 0 Å². The molecule has 0 spiro atoms. The summed E-state index contributed by atoms with van der Waals surface area (Å²) in [5.41, 5.74) is -1.32. The summed E-state index contributed by atoms with van der Waals surface area (Å²) >= 11 is 0. The topological polar surface area (TPSA) is 84.9 Å². The molecule has 0 bridgehead atoms. The second kappa shape index (κ2) is 7.47. The number of hydrogen-bond donors (Lipinski definition) is 2. The van der Waals surface area contributed by atoms with Crippen LogP contribution in [-0.4, -0.2) is 45.7 Å². The Labute approximate surface area is 132 Å². The molecule has 23 heavy (non-hydrogen) atoms. The average Bonchev–Trinajstić information content (AvgIpc) is 2.42. The third kappa shape index (κ3) is 7.16. The van der Waals surface area contributed by atoms with Crippen LogP contribution in [0, 0.1) is 0 Å². The summed E-state index contributed by atoms with van der Waals surface area (Å²) in [7, 11) is -2.52. The van der Waals surface area contributed by atoms with Gasteiger partial charge < -0.3 is 14.6 Å². The highest BCUT2D eigenvalue weighted by molar-refractivity contribution is 7.89. The highest BCUT2D eigenvalue weighted by atomic mass is 32.2. The number of sulfonamides is 1. The number of alkyl halides is 3. The summed E-state index contributed by atoms with van der Waals surface area (Å²) in [4.78, 5) is -0.241. The van der Waals surface area contributed by atoms with Crippen LogP contribution in [0.25, 0.3) is 0 Å². The summed E-state index contributed by atoms with van der Waals surface area (Å²) in [5, 5.41) is 9.98. The van der Waals surface area contributed by atoms with Crippen molar-refractivity contribution in [2.24, 2.45) is 0 Å². The highest BCUT2D eigenvalue weighted by Gasteiger charge is 2.31. The SMILES string of the molecule is COCCC(C)(O)CNS(=O)(=O)c1ccc(OC(F)(F)F)cc1. The number of methoxy groups -OCH3 is 1. The van der Waals surface area contributed by atoms with Crippen LogP contribution in [0.4, 0.5) is 13.2 Å². The fourth-order valence-corrected chi connectivity index (χ4v) is 2.73. The number of halogens is 3. The van der Waals surface area contributed by atoms with Crippen molar-refractivity contribution in [3.8, 4) is 5.75 Å². The first-order valence-electron chi connectivity index (χ1n) is 6.52. The number of ether oxygens (including phenoxy) is 2. The van der Waals surface area contributed by atoms with Gasteiger partial charge in [-0.1, -0.05) is 0 Å². The molecular formula is C13H18F3NO5S. The zero-order valence-corrected chi connectivity index (χ0v) is 13.4. The minimum absolute atomic E-state index is 0.213. The van der Waals surface area contributed by atoms with Gasteiger partial charge in [-0.25, -0.2) is 13.1 Å². The van der Waals surface area contributed by atoms with Crippen molar-refractivity contribution in [3.05, 3.63) is 24.3 Å². The third-order valence-corrected chi connectivity index (χ3v) is 4.27. The first kappa shape index (κ1) is 19.7. The Morgan fingerprint density at radius 3 is 2.26 bits per heavy atom. The first-order chi connectivity index (χ1) is 10.5. The lowest BCUT2D eigenvalue weighted by Crippen LogP contribution is -2.41. The molecule has 1 aromatic carbocycles. The molecule has 0 fully saturated rings. The molecule has 0 radical (unpaired) electrons. The lowest BCUT2D eigenvalue weighted by Gasteiger charge is -2.23. The van der Waals surface area contributed by atoms with E-state index in [1.54, 1.807) is 0 Å². The van der Waals surface area contributed by atoms with E-state index in [1.807, 2.05) is 0 Å². The molecule has 1 unspecified atom stereocenters. The smallest absolute Gasteiger partial charge is 0.406 e. The number of benzene rings is 1. The minimum Gasteiger partial charge on any atom is -0.406 e. The number of hydrogen-bond acceptors (Lipinski definition) is 5. The summed E-state index contributed by atoms with van der Waals surface area (Å²) < 4.78 is 70.8. The van der Waals surface area contributed by atoms with Crippen molar-refractivity contribution in [2.45, 2.75) is 30.2 Å². The van der Waals surface area contributed by atoms with Gasteiger partial charge in [-0.3, -0.25) is 0 Å². The monoisotopic (exact) mass is 357 g/mol. The molecule has 2 N–H and O–H groups in total. The van der Waals surface area contributed by atoms with E-state index in [4.69, 9.17) is 4.74 Å². The van der Waals surface area contributed by atoms with Crippen LogP contribution >= 0.6 is 0 Å². The van der Waals surface area contributed by atoms with Gasteiger partial charge in [0, 0.05) is 26.7 Å². The van der Waals surface area contributed by atoms with Gasteiger partial charge in [0.05, 0.1) is 10.5 Å². The van der Waals surface area contributed by atoms with Crippen LogP contribution in [0.15, 0.2) is 29.2 Å². The van der Waals surface area contributed by atoms with Crippen LogP contribution in [0.3, 0.4) is 0 Å². The van der Waals surface area contributed by atoms with Crippen LogP contribution in [0.5, 0.6) is 5.75 Å². The maximum atomic E-state index is 12.0. The van der Waals surface area contributed by atoms with Gasteiger partial charge >= 0.3 is 6.36 Å². The molecule has 0 aliphatic carbocycles. The Morgan fingerprint density at radius 2 is 1.78 bits per heavy atom. The zero-order chi connectivity index (χ0) is 17.7. The summed E-state index contributed by atoms with van der Waals surface area (Å²) in [6, 6.07) is 3.75. The van der Waals surface area contributed by atoms with Crippen LogP contribution in [-0.2, 0) is 14.8 Å². The van der Waals surface area contributed by atoms with E-state index in [0.717, 1.165) is 24.3 Å². The van der Waals surface area contributed by atoms with E-state index in [2.05, 4.69) is 9.46 Å². The molecule has 1 rings (SSSR count). The molecule has 132 valence electrons. The molecule has 1 atom stereocenters. The van der Waals surface area contributed by atoms with Crippen molar-refractivity contribution in [1.82, 2.24) is 4.72 Å². The molecule has 0 saturated carbocycles. The molecule has 0 heterocycles. The second-order valence-corrected chi connectivity index (χ2v) is 6.85. The predicted molar refractivity (Wildman–Crippen MR) is 75.4 cm³/mol. The molecule has 0 amide bonds. The van der Waals surface area contributed by atoms with Gasteiger partial charge in [0.2, 0.25) is 10.0 Å². The van der Waals surface area contributed by atoms with Gasteiger partial charge in [-0.05, 0) is 31.2 Å². The third-order valence-electron chi connectivity index (χ3n) is 2.86. The van der Waals surface area contributed by atoms with Crippen molar-refractivity contribution in [1.29, 1.82) is 0 Å². The number of nitrogens with one attached hydrogen (secondary N) is 1. The normalized spacial score (nSPS) is 15.2. The lowest BCUT2D eigenvalue weighted by molar-refractivity contribution is -0.274. The van der Waals surface area contributed by atoms with E-state index < -0.39 is 27.7 Å². The fourth-order valence-electron chi connectivity index (χ4n) is 1.56. The molecular weight excluding hydrogens is 339 g/mol. The molecule has 0 aliphatic heterocycles. The van der Waals surface area contributed by atoms with Crippen molar-refractivity contribution in [3.63, 3.8) is 0 Å². The molecule has 0 saturated heterocycles. The van der Waals surface area contributed by atoms with Crippen molar-refractivity contribution in [2.75, 3.05) is 20.3 Å². The standard InChI is InChI=1S/C13H18F3NO5S/c1-12(18,7-8-21-2)9-17-23(19,20)11-5-3-10(4-6-11)22-13(14,15)16/h3-6,17-18H,7-9H2,1-2H3. The quantitative estimate of drug-likeness (QED) is 0.739. The van der Waals surface area contributed by atoms with E-state index in [9.17, 15) is 26.7 Å². The van der Waals surface area contributed by atoms with Crippen LogP contribution in [0.1, 0.15) is 13.3 Å². The van der Waals surface area contributed by atoms with E-state index in [1.165, 1.54) is 14.0 Å². The largest absolute Gasteiger partial charge is 0.573 e. The maximum Gasteiger partial charge on any atom is 0.573 e. The molecule has 6 nitrogen and oxygen atoms in total. The maximum absolute atomic E-state index is 12.0. The molecule has 1 aromatic rings. The Morgan fingerprint density at radius 1 is 1.22 bits per heavy atom.